The number of aromatic nitrogens is 1. The van der Waals surface area contributed by atoms with Crippen molar-refractivity contribution in [2.24, 2.45) is 5.10 Å². The van der Waals surface area contributed by atoms with Crippen LogP contribution in [0.4, 0.5) is 4.79 Å². The first-order valence-electron chi connectivity index (χ1n) is 13.5. The van der Waals surface area contributed by atoms with Gasteiger partial charge in [0.25, 0.3) is 5.91 Å². The molecule has 0 aliphatic heterocycles. The Bertz CT molecular complexity index is 1700. The molecule has 0 spiro atoms. The largest absolute Gasteiger partial charge is 0.487 e. The molecule has 43 heavy (non-hydrogen) atoms. The van der Waals surface area contributed by atoms with Crippen molar-refractivity contribution in [2.45, 2.75) is 25.7 Å². The third-order valence-electron chi connectivity index (χ3n) is 6.56. The number of ether oxygens (including phenoxy) is 2. The second-order valence-corrected chi connectivity index (χ2v) is 12.0. The van der Waals surface area contributed by atoms with Gasteiger partial charge in [0.05, 0.1) is 13.4 Å². The van der Waals surface area contributed by atoms with Crippen LogP contribution in [0.15, 0.2) is 108 Å². The lowest BCUT2D eigenvalue weighted by Crippen LogP contribution is -2.47. The number of amides is 2. The molecule has 0 fully saturated rings. The number of fused-ring (bicyclic) bond motifs is 1. The fraction of sp³-hybridized carbons (Fsp3) is 0.121. The van der Waals surface area contributed by atoms with E-state index in [1.54, 1.807) is 6.21 Å². The van der Waals surface area contributed by atoms with E-state index < -0.39 is 18.0 Å². The summed E-state index contributed by atoms with van der Waals surface area (Å²) in [4.78, 5) is 29.2. The Balaban J connectivity index is 1.25. The molecular weight excluding hydrogens is 770 g/mol. The highest BCUT2D eigenvalue weighted by atomic mass is 127. The van der Waals surface area contributed by atoms with E-state index in [1.165, 1.54) is 0 Å². The number of nitrogens with one attached hydrogen (secondary N) is 3. The van der Waals surface area contributed by atoms with E-state index in [0.29, 0.717) is 6.61 Å². The van der Waals surface area contributed by atoms with Crippen LogP contribution in [0, 0.1) is 7.14 Å². The van der Waals surface area contributed by atoms with Crippen LogP contribution < -0.4 is 15.5 Å². The molecule has 1 aromatic heterocycles. The summed E-state index contributed by atoms with van der Waals surface area (Å²) in [6.07, 6.45) is 2.97. The van der Waals surface area contributed by atoms with Gasteiger partial charge in [-0.15, -0.1) is 0 Å². The van der Waals surface area contributed by atoms with Crippen molar-refractivity contribution in [1.82, 2.24) is 15.7 Å². The Hall–Kier alpha value is -3.91. The molecule has 10 heteroatoms. The zero-order valence-electron chi connectivity index (χ0n) is 22.9. The topological polar surface area (TPSA) is 105 Å². The summed E-state index contributed by atoms with van der Waals surface area (Å²) in [6, 6.07) is 30.1. The highest BCUT2D eigenvalue weighted by molar-refractivity contribution is 14.1. The van der Waals surface area contributed by atoms with E-state index in [1.807, 2.05) is 103 Å². The first kappa shape index (κ1) is 30.5. The van der Waals surface area contributed by atoms with Crippen molar-refractivity contribution >= 4 is 74.3 Å². The molecule has 5 rings (SSSR count). The van der Waals surface area contributed by atoms with Crippen molar-refractivity contribution in [3.05, 3.63) is 133 Å². The van der Waals surface area contributed by atoms with E-state index >= 15 is 0 Å². The quantitative estimate of drug-likeness (QED) is 0.0766. The summed E-state index contributed by atoms with van der Waals surface area (Å²) in [5.74, 6) is 0.327. The Morgan fingerprint density at radius 2 is 1.49 bits per heavy atom. The number of carbonyl (C=O) groups is 2. The minimum atomic E-state index is -0.923. The molecule has 1 heterocycles. The van der Waals surface area contributed by atoms with Gasteiger partial charge in [0.2, 0.25) is 0 Å². The highest BCUT2D eigenvalue weighted by Crippen LogP contribution is 2.29. The van der Waals surface area contributed by atoms with E-state index in [4.69, 9.17) is 9.47 Å². The van der Waals surface area contributed by atoms with Crippen LogP contribution in [0.25, 0.3) is 10.9 Å². The Labute approximate surface area is 276 Å². The lowest BCUT2D eigenvalue weighted by Gasteiger charge is -2.17. The van der Waals surface area contributed by atoms with Gasteiger partial charge < -0.3 is 19.8 Å². The molecule has 0 aliphatic carbocycles. The molecule has 5 aromatic rings. The molecule has 8 nitrogen and oxygen atoms in total. The first-order chi connectivity index (χ1) is 21.0. The van der Waals surface area contributed by atoms with Gasteiger partial charge in [-0.2, -0.15) is 5.10 Å². The number of hydrogen-bond donors (Lipinski definition) is 3. The third-order valence-corrected chi connectivity index (χ3v) is 8.16. The summed E-state index contributed by atoms with van der Waals surface area (Å²) >= 11 is 4.46. The average Bonchev–Trinajstić information content (AvgIpc) is 3.43. The molecule has 1 atom stereocenters. The van der Waals surface area contributed by atoms with E-state index in [-0.39, 0.29) is 13.0 Å². The first-order valence-corrected chi connectivity index (χ1v) is 15.6. The standard InChI is InChI=1S/C33H28I2N4O4/c34-27-15-24(16-28(35)31(27)42-20-22-9-3-1-4-10-22)18-37-39-32(40)30(17-25-19-36-29-14-8-7-13-26(25)29)38-33(41)43-21-23-11-5-2-6-12-23/h1-16,18-19,30,36H,17,20-21H2,(H,38,41)(H,39,40)/b37-18-/t30-/m0/s1. The fourth-order valence-corrected chi connectivity index (χ4v) is 6.53. The van der Waals surface area contributed by atoms with Gasteiger partial charge in [0.1, 0.15) is 25.0 Å². The van der Waals surface area contributed by atoms with Gasteiger partial charge in [-0.3, -0.25) is 4.79 Å². The number of alkyl carbamates (subject to hydrolysis) is 1. The Morgan fingerprint density at radius 1 is 0.860 bits per heavy atom. The maximum atomic E-state index is 13.3. The molecule has 0 saturated heterocycles. The number of hydrogen-bond acceptors (Lipinski definition) is 5. The zero-order chi connectivity index (χ0) is 30.0. The number of rotatable bonds is 11. The number of halogens is 2. The van der Waals surface area contributed by atoms with Crippen molar-refractivity contribution in [3.63, 3.8) is 0 Å². The van der Waals surface area contributed by atoms with Crippen LogP contribution in [0.3, 0.4) is 0 Å². The SMILES string of the molecule is O=C(N[C@@H](Cc1c[nH]c2ccccc12)C(=O)N/N=C\c1cc(I)c(OCc2ccccc2)c(I)c1)OCc1ccccc1. The molecule has 2 amide bonds. The van der Waals surface area contributed by atoms with Gasteiger partial charge in [-0.05, 0) is 85.6 Å². The second-order valence-electron chi connectivity index (χ2n) is 9.64. The van der Waals surface area contributed by atoms with Gasteiger partial charge in [-0.1, -0.05) is 78.9 Å². The molecule has 0 radical (unpaired) electrons. The summed E-state index contributed by atoms with van der Waals surface area (Å²) in [7, 11) is 0. The highest BCUT2D eigenvalue weighted by Gasteiger charge is 2.23. The Morgan fingerprint density at radius 3 is 2.19 bits per heavy atom. The number of H-pyrrole nitrogens is 1. The maximum absolute atomic E-state index is 13.3. The number of nitrogens with zero attached hydrogens (tertiary/aromatic N) is 1. The predicted octanol–water partition coefficient (Wildman–Crippen LogP) is 6.94. The monoisotopic (exact) mass is 798 g/mol. The summed E-state index contributed by atoms with van der Waals surface area (Å²) in [5, 5.41) is 7.87. The smallest absolute Gasteiger partial charge is 0.408 e. The summed E-state index contributed by atoms with van der Waals surface area (Å²) in [5.41, 5.74) is 7.15. The molecule has 0 aliphatic rings. The Kier molecular flexibility index (Phi) is 10.7. The molecule has 4 aromatic carbocycles. The van der Waals surface area contributed by atoms with E-state index in [9.17, 15) is 9.59 Å². The van der Waals surface area contributed by atoms with Crippen LogP contribution in [-0.4, -0.2) is 29.2 Å². The fourth-order valence-electron chi connectivity index (χ4n) is 4.41. The van der Waals surface area contributed by atoms with Gasteiger partial charge in [-0.25, -0.2) is 10.2 Å². The molecule has 0 saturated carbocycles. The number of benzene rings is 4. The summed E-state index contributed by atoms with van der Waals surface area (Å²) < 4.78 is 13.3. The molecule has 0 bridgehead atoms. The van der Waals surface area contributed by atoms with Crippen LogP contribution >= 0.6 is 45.2 Å². The second kappa shape index (κ2) is 15.0. The van der Waals surface area contributed by atoms with Crippen LogP contribution in [0.2, 0.25) is 0 Å². The average molecular weight is 798 g/mol. The predicted molar refractivity (Wildman–Crippen MR) is 184 cm³/mol. The van der Waals surface area contributed by atoms with Crippen molar-refractivity contribution in [2.75, 3.05) is 0 Å². The molecule has 218 valence electrons. The lowest BCUT2D eigenvalue weighted by molar-refractivity contribution is -0.123. The van der Waals surface area contributed by atoms with Crippen LogP contribution in [0.5, 0.6) is 5.75 Å². The minimum Gasteiger partial charge on any atom is -0.487 e. The minimum absolute atomic E-state index is 0.0918. The van der Waals surface area contributed by atoms with Crippen LogP contribution in [0.1, 0.15) is 22.3 Å². The van der Waals surface area contributed by atoms with Crippen LogP contribution in [-0.2, 0) is 29.2 Å². The van der Waals surface area contributed by atoms with Gasteiger partial charge in [0.15, 0.2) is 0 Å². The maximum Gasteiger partial charge on any atom is 0.408 e. The molecular formula is C33H28I2N4O4. The summed E-state index contributed by atoms with van der Waals surface area (Å²) in [6.45, 7) is 0.559. The van der Waals surface area contributed by atoms with Crippen molar-refractivity contribution < 1.29 is 19.1 Å². The number of aromatic amines is 1. The lowest BCUT2D eigenvalue weighted by atomic mass is 10.0. The van der Waals surface area contributed by atoms with Crippen molar-refractivity contribution in [3.8, 4) is 5.75 Å². The van der Waals surface area contributed by atoms with E-state index in [2.05, 4.69) is 66.0 Å². The number of hydrazone groups is 1. The molecule has 3 N–H and O–H groups in total. The van der Waals surface area contributed by atoms with Crippen molar-refractivity contribution in [1.29, 1.82) is 0 Å². The third kappa shape index (κ3) is 8.57. The number of para-hydroxylation sites is 1. The zero-order valence-corrected chi connectivity index (χ0v) is 27.2. The number of carbonyl (C=O) groups excluding carboxylic acids is 2. The van der Waals surface area contributed by atoms with E-state index in [0.717, 1.165) is 46.0 Å². The van der Waals surface area contributed by atoms with Gasteiger partial charge >= 0.3 is 6.09 Å². The van der Waals surface area contributed by atoms with Gasteiger partial charge in [0, 0.05) is 23.5 Å². The molecule has 0 unspecified atom stereocenters. The normalized spacial score (nSPS) is 11.8.